The maximum atomic E-state index is 12.8. The summed E-state index contributed by atoms with van der Waals surface area (Å²) >= 11 is 0. The Bertz CT molecular complexity index is 1570. The van der Waals surface area contributed by atoms with Crippen molar-refractivity contribution in [2.45, 2.75) is 194 Å². The molecule has 0 aromatic carbocycles. The zero-order valence-electron chi connectivity index (χ0n) is 42.3. The molecule has 0 spiro atoms. The Kier molecular flexibility index (Phi) is 49.7. The molecule has 0 aliphatic carbocycles. The summed E-state index contributed by atoms with van der Waals surface area (Å²) in [5, 5.41) is 0. The summed E-state index contributed by atoms with van der Waals surface area (Å²) in [7, 11) is 0. The molecule has 1 atom stereocenters. The number of hydrogen-bond acceptors (Lipinski definition) is 6. The van der Waals surface area contributed by atoms with Crippen LogP contribution in [0.1, 0.15) is 188 Å². The molecule has 0 N–H and O–H groups in total. The molecule has 0 rings (SSSR count). The molecule has 6 nitrogen and oxygen atoms in total. The molecule has 0 radical (unpaired) electrons. The van der Waals surface area contributed by atoms with Crippen molar-refractivity contribution in [2.75, 3.05) is 13.2 Å². The number of carbonyl (C=O) groups excluding carboxylic acids is 3. The number of unbranched alkanes of at least 4 members (excludes halogenated alkanes) is 7. The maximum Gasteiger partial charge on any atom is 0.306 e. The fourth-order valence-electron chi connectivity index (χ4n) is 6.22. The van der Waals surface area contributed by atoms with Crippen LogP contribution in [-0.4, -0.2) is 37.2 Å². The number of allylic oxidation sites excluding steroid dienone is 26. The third kappa shape index (κ3) is 51.9. The highest BCUT2D eigenvalue weighted by Gasteiger charge is 2.19. The number of rotatable bonds is 44. The van der Waals surface area contributed by atoms with Crippen molar-refractivity contribution in [3.8, 4) is 0 Å². The Labute approximate surface area is 409 Å². The highest BCUT2D eigenvalue weighted by Crippen LogP contribution is 2.11. The second-order valence-electron chi connectivity index (χ2n) is 16.3. The molecule has 0 aromatic heterocycles. The second kappa shape index (κ2) is 53.6. The zero-order valence-corrected chi connectivity index (χ0v) is 42.3. The van der Waals surface area contributed by atoms with E-state index in [1.54, 1.807) is 0 Å². The van der Waals surface area contributed by atoms with E-state index in [-0.39, 0.29) is 50.4 Å². The van der Waals surface area contributed by atoms with Crippen molar-refractivity contribution in [3.63, 3.8) is 0 Å². The molecule has 0 saturated carbocycles. The molecule has 0 saturated heterocycles. The molecule has 0 heterocycles. The molecule has 0 amide bonds. The van der Waals surface area contributed by atoms with Crippen LogP contribution in [-0.2, 0) is 28.6 Å². The SMILES string of the molecule is CC/C=C\C/C=C\C/C=C\C/C=C\C/C=C\CCCC(=O)OC[C@H](COC(=O)CCCC/C=C\C/C=C\C/C=C\C/C=C\CC)OC(=O)CCCCCC/C=C\C/C=C\C/C=C\C/C=C\CC. The molecule has 0 fully saturated rings. The standard InChI is InChI=1S/C61H92O6/c1-4-7-10-13-16-19-22-25-28-30-33-36-39-42-45-48-51-54-60(63)66-57-58(56-65-59(62)53-50-47-44-41-38-35-32-27-24-21-18-15-12-9-6-3)67-61(64)55-52-49-46-43-40-37-34-31-29-26-23-20-17-14-11-8-5-2/h7-12,16-21,25-29,32-34,36-38,41-42,45,58H,4-6,13-15,22-24,30-31,35,39-40,43-44,46-57H2,1-3H3/b10-7-,11-8-,12-9-,19-16-,20-17-,21-18-,28-25-,29-26-,32-27-,36-33-,37-34-,41-38-,45-42-/t58-/m0/s1. The minimum Gasteiger partial charge on any atom is -0.462 e. The van der Waals surface area contributed by atoms with Crippen LogP contribution in [0.3, 0.4) is 0 Å². The van der Waals surface area contributed by atoms with Crippen LogP contribution in [0.5, 0.6) is 0 Å². The quantitative estimate of drug-likeness (QED) is 0.0262. The first-order valence-corrected chi connectivity index (χ1v) is 26.0. The summed E-state index contributed by atoms with van der Waals surface area (Å²) in [5.41, 5.74) is 0. The van der Waals surface area contributed by atoms with Crippen LogP contribution in [0.2, 0.25) is 0 Å². The lowest BCUT2D eigenvalue weighted by molar-refractivity contribution is -0.167. The second-order valence-corrected chi connectivity index (χ2v) is 16.3. The average Bonchev–Trinajstić information content (AvgIpc) is 3.33. The first-order valence-electron chi connectivity index (χ1n) is 26.0. The lowest BCUT2D eigenvalue weighted by atomic mass is 10.1. The molecule has 6 heteroatoms. The third-order valence-electron chi connectivity index (χ3n) is 10.0. The number of esters is 3. The molecular weight excluding hydrogens is 829 g/mol. The van der Waals surface area contributed by atoms with Gasteiger partial charge in [-0.25, -0.2) is 0 Å². The van der Waals surface area contributed by atoms with Crippen LogP contribution < -0.4 is 0 Å². The van der Waals surface area contributed by atoms with Gasteiger partial charge in [0.25, 0.3) is 0 Å². The summed E-state index contributed by atoms with van der Waals surface area (Å²) in [5.74, 6) is -1.07. The van der Waals surface area contributed by atoms with Gasteiger partial charge in [-0.1, -0.05) is 192 Å². The molecular formula is C61H92O6. The van der Waals surface area contributed by atoms with Crippen molar-refractivity contribution in [2.24, 2.45) is 0 Å². The van der Waals surface area contributed by atoms with E-state index >= 15 is 0 Å². The Balaban J connectivity index is 4.63. The topological polar surface area (TPSA) is 78.9 Å². The predicted octanol–water partition coefficient (Wildman–Crippen LogP) is 17.4. The lowest BCUT2D eigenvalue weighted by Gasteiger charge is -2.18. The highest BCUT2D eigenvalue weighted by molar-refractivity contribution is 5.71. The van der Waals surface area contributed by atoms with Crippen LogP contribution in [0, 0.1) is 0 Å². The summed E-state index contributed by atoms with van der Waals surface area (Å²) < 4.78 is 16.7. The van der Waals surface area contributed by atoms with Gasteiger partial charge in [0.1, 0.15) is 13.2 Å². The lowest BCUT2D eigenvalue weighted by Crippen LogP contribution is -2.30. The average molecular weight is 921 g/mol. The van der Waals surface area contributed by atoms with Gasteiger partial charge < -0.3 is 14.2 Å². The molecule has 0 aliphatic rings. The Morgan fingerprint density at radius 2 is 0.552 bits per heavy atom. The van der Waals surface area contributed by atoms with Crippen LogP contribution in [0.15, 0.2) is 158 Å². The van der Waals surface area contributed by atoms with Crippen molar-refractivity contribution in [1.29, 1.82) is 0 Å². The van der Waals surface area contributed by atoms with Gasteiger partial charge in [0.15, 0.2) is 6.10 Å². The fraction of sp³-hybridized carbons (Fsp3) is 0.525. The summed E-state index contributed by atoms with van der Waals surface area (Å²) in [6.45, 7) is 6.16. The van der Waals surface area contributed by atoms with Crippen molar-refractivity contribution >= 4 is 17.9 Å². The Morgan fingerprint density at radius 3 is 0.910 bits per heavy atom. The molecule has 67 heavy (non-hydrogen) atoms. The number of hydrogen-bond donors (Lipinski definition) is 0. The van der Waals surface area contributed by atoms with Gasteiger partial charge in [-0.2, -0.15) is 0 Å². The minimum absolute atomic E-state index is 0.135. The molecule has 0 bridgehead atoms. The fourth-order valence-corrected chi connectivity index (χ4v) is 6.22. The van der Waals surface area contributed by atoms with E-state index in [9.17, 15) is 14.4 Å². The summed E-state index contributed by atoms with van der Waals surface area (Å²) in [6.07, 6.45) is 78.0. The van der Waals surface area contributed by atoms with Crippen LogP contribution in [0.4, 0.5) is 0 Å². The van der Waals surface area contributed by atoms with Gasteiger partial charge in [-0.15, -0.1) is 0 Å². The summed E-state index contributed by atoms with van der Waals surface area (Å²) in [6, 6.07) is 0. The molecule has 0 unspecified atom stereocenters. The highest BCUT2D eigenvalue weighted by atomic mass is 16.6. The van der Waals surface area contributed by atoms with E-state index in [4.69, 9.17) is 14.2 Å². The first kappa shape index (κ1) is 62.0. The predicted molar refractivity (Wildman–Crippen MR) is 288 cm³/mol. The number of ether oxygens (including phenoxy) is 3. The first-order chi connectivity index (χ1) is 33.0. The van der Waals surface area contributed by atoms with Crippen LogP contribution >= 0.6 is 0 Å². The van der Waals surface area contributed by atoms with Crippen molar-refractivity contribution in [3.05, 3.63) is 158 Å². The van der Waals surface area contributed by atoms with Gasteiger partial charge in [0, 0.05) is 19.3 Å². The third-order valence-corrected chi connectivity index (χ3v) is 10.0. The summed E-state index contributed by atoms with van der Waals surface area (Å²) in [4.78, 5) is 38.0. The number of carbonyl (C=O) groups is 3. The normalized spacial score (nSPS) is 13.4. The van der Waals surface area contributed by atoms with Crippen LogP contribution in [0.25, 0.3) is 0 Å². The van der Waals surface area contributed by atoms with Gasteiger partial charge in [0.2, 0.25) is 0 Å². The van der Waals surface area contributed by atoms with E-state index < -0.39 is 6.10 Å². The van der Waals surface area contributed by atoms with Crippen molar-refractivity contribution in [1.82, 2.24) is 0 Å². The van der Waals surface area contributed by atoms with E-state index in [1.807, 2.05) is 0 Å². The molecule has 372 valence electrons. The van der Waals surface area contributed by atoms with E-state index in [0.29, 0.717) is 19.3 Å². The van der Waals surface area contributed by atoms with E-state index in [1.165, 1.54) is 0 Å². The molecule has 0 aromatic rings. The van der Waals surface area contributed by atoms with E-state index in [2.05, 4.69) is 179 Å². The van der Waals surface area contributed by atoms with Gasteiger partial charge >= 0.3 is 17.9 Å². The van der Waals surface area contributed by atoms with E-state index in [0.717, 1.165) is 128 Å². The smallest absolute Gasteiger partial charge is 0.306 e. The largest absolute Gasteiger partial charge is 0.462 e. The monoisotopic (exact) mass is 921 g/mol. The minimum atomic E-state index is -0.839. The zero-order chi connectivity index (χ0) is 48.6. The van der Waals surface area contributed by atoms with Gasteiger partial charge in [-0.3, -0.25) is 14.4 Å². The molecule has 0 aliphatic heterocycles. The Morgan fingerprint density at radius 1 is 0.299 bits per heavy atom. The maximum absolute atomic E-state index is 12.8. The van der Waals surface area contributed by atoms with Gasteiger partial charge in [0.05, 0.1) is 0 Å². The van der Waals surface area contributed by atoms with Gasteiger partial charge in [-0.05, 0) is 135 Å². The Hall–Kier alpha value is -4.97. The van der Waals surface area contributed by atoms with Crippen molar-refractivity contribution < 1.29 is 28.6 Å².